The zero-order valence-corrected chi connectivity index (χ0v) is 66.2. The van der Waals surface area contributed by atoms with E-state index >= 15 is 0 Å². The highest BCUT2D eigenvalue weighted by molar-refractivity contribution is 7.49. The van der Waals surface area contributed by atoms with E-state index in [9.17, 15) is 0 Å². The number of hydrogen-bond acceptors (Lipinski definition) is 6. The number of anilines is 18. The van der Waals surface area contributed by atoms with Gasteiger partial charge in [-0.1, -0.05) is 279 Å². The van der Waals surface area contributed by atoms with Gasteiger partial charge in [-0.3, -0.25) is 0 Å². The third-order valence-electron chi connectivity index (χ3n) is 21.7. The Balaban J connectivity index is 0.000000173. The summed E-state index contributed by atoms with van der Waals surface area (Å²) in [6.07, 6.45) is 0. The van der Waals surface area contributed by atoms with Gasteiger partial charge in [-0.15, -0.1) is 0 Å². The Labute approximate surface area is 694 Å². The smallest absolute Gasteiger partial charge is 0.0996 e. The lowest BCUT2D eigenvalue weighted by Gasteiger charge is -2.30. The Morgan fingerprint density at radius 2 is 0.305 bits per heavy atom. The van der Waals surface area contributed by atoms with E-state index in [0.717, 1.165) is 102 Å². The fourth-order valence-corrected chi connectivity index (χ4v) is 16.1. The number of hydrogen-bond donors (Lipinski definition) is 0. The lowest BCUT2D eigenvalue weighted by molar-refractivity contribution is 1.24. The van der Waals surface area contributed by atoms with Crippen molar-refractivity contribution in [3.8, 4) is 11.1 Å². The first-order chi connectivity index (χ1) is 58.5. The number of para-hydroxylation sites is 5. The van der Waals surface area contributed by atoms with Crippen LogP contribution in [0.3, 0.4) is 0 Å². The van der Waals surface area contributed by atoms with Crippen molar-refractivity contribution in [3.63, 3.8) is 0 Å². The highest BCUT2D eigenvalue weighted by Gasteiger charge is 2.23. The maximum Gasteiger partial charge on any atom is 0.0996 e. The average molecular weight is 1530 g/mol. The van der Waals surface area contributed by atoms with Crippen LogP contribution in [0.5, 0.6) is 0 Å². The van der Waals surface area contributed by atoms with Gasteiger partial charge in [-0.05, 0) is 260 Å². The standard InChI is InChI=1S/C66H48N4.C44H32N2.BH2P/c1-4-22-55(23-5-1)68(64-31-28-49-16-10-13-19-52(49)46-64)61-40-34-58(35-41-61)67(59-36-42-62(43-37-59)69(56-24-6-2-7-25-56)65-32-29-50-17-11-14-20-53(50)47-65)60-38-44-63(45-39-60)70(57-26-8-3-9-27-57)66-33-30-51-18-12-15-21-54(51)48-66;1-3-17-37(18-4-1)45(43-23-11-15-35-13-7-9-21-41(35)43)39-29-25-33(26-30-39)34-27-31-40(32-28-34)46(38-19-5-2-6-20-38)44-24-12-16-36-14-8-10-22-42(36)44;1-2/h1-48H;1-32H;2H2. The minimum atomic E-state index is 1.04. The van der Waals surface area contributed by atoms with Crippen LogP contribution in [-0.2, 0) is 0 Å². The fraction of sp³-hybridized carbons (Fsp3) is 0. The molecule has 1 unspecified atom stereocenters. The molecule has 0 saturated heterocycles. The monoisotopic (exact) mass is 1530 g/mol. The molecular weight excluding hydrogens is 1450 g/mol. The van der Waals surface area contributed by atoms with Crippen LogP contribution in [-0.4, -0.2) is 7.57 Å². The van der Waals surface area contributed by atoms with E-state index in [-0.39, 0.29) is 0 Å². The Morgan fingerprint density at radius 3 is 0.576 bits per heavy atom. The fourth-order valence-electron chi connectivity index (χ4n) is 16.1. The van der Waals surface area contributed by atoms with Gasteiger partial charge in [-0.25, -0.2) is 0 Å². The summed E-state index contributed by atoms with van der Waals surface area (Å²) in [5, 5.41) is 12.2. The molecule has 6 nitrogen and oxygen atoms in total. The second-order valence-corrected chi connectivity index (χ2v) is 28.9. The maximum absolute atomic E-state index is 4.42. The van der Waals surface area contributed by atoms with Crippen LogP contribution in [0, 0.1) is 0 Å². The molecule has 0 heterocycles. The number of fused-ring (bicyclic) bond motifs is 5. The van der Waals surface area contributed by atoms with E-state index in [1.54, 1.807) is 0 Å². The van der Waals surface area contributed by atoms with Crippen molar-refractivity contribution in [1.29, 1.82) is 0 Å². The quantitative estimate of drug-likeness (QED) is 0.0589. The average Bonchev–Trinajstić information content (AvgIpc) is 0.782. The van der Waals surface area contributed by atoms with Gasteiger partial charge in [0.2, 0.25) is 0 Å². The van der Waals surface area contributed by atoms with Crippen LogP contribution in [0.15, 0.2) is 485 Å². The van der Waals surface area contributed by atoms with Crippen LogP contribution in [0.1, 0.15) is 0 Å². The van der Waals surface area contributed by atoms with Crippen molar-refractivity contribution in [3.05, 3.63) is 485 Å². The number of nitrogens with zero attached hydrogens (tertiary/aromatic N) is 6. The molecule has 1 atom stereocenters. The topological polar surface area (TPSA) is 19.4 Å². The zero-order chi connectivity index (χ0) is 79.4. The largest absolute Gasteiger partial charge is 0.310 e. The van der Waals surface area contributed by atoms with Crippen molar-refractivity contribution in [2.24, 2.45) is 0 Å². The Morgan fingerprint density at radius 1 is 0.127 bits per heavy atom. The molecule has 8 heteroatoms. The van der Waals surface area contributed by atoms with Gasteiger partial charge in [-0.2, -0.15) is 9.12 Å². The molecule has 0 bridgehead atoms. The van der Waals surface area contributed by atoms with Gasteiger partial charge in [0.25, 0.3) is 0 Å². The molecule has 0 amide bonds. The molecule has 0 fully saturated rings. The summed E-state index contributed by atoms with van der Waals surface area (Å²) in [7, 11) is 6.33. The second kappa shape index (κ2) is 34.8. The summed E-state index contributed by atoms with van der Waals surface area (Å²) < 4.78 is 0. The summed E-state index contributed by atoms with van der Waals surface area (Å²) in [6.45, 7) is 0. The first-order valence-corrected chi connectivity index (χ1v) is 40.5. The molecule has 0 spiro atoms. The first kappa shape index (κ1) is 74.4. The molecule has 0 aliphatic rings. The maximum atomic E-state index is 4.42. The highest BCUT2D eigenvalue weighted by atomic mass is 31.0. The van der Waals surface area contributed by atoms with Gasteiger partial charge in [0.05, 0.1) is 18.9 Å². The molecule has 0 aliphatic carbocycles. The molecule has 0 aromatic heterocycles. The van der Waals surface area contributed by atoms with Crippen LogP contribution >= 0.6 is 9.12 Å². The summed E-state index contributed by atoms with van der Waals surface area (Å²) in [6, 6.07) is 174. The Hall–Kier alpha value is -15.0. The summed E-state index contributed by atoms with van der Waals surface area (Å²) in [5.74, 6) is 0. The molecule has 20 aromatic rings. The molecule has 118 heavy (non-hydrogen) atoms. The lowest BCUT2D eigenvalue weighted by Crippen LogP contribution is -2.14. The molecule has 0 aliphatic heterocycles. The summed E-state index contributed by atoms with van der Waals surface area (Å²) in [4.78, 5) is 14.0. The van der Waals surface area contributed by atoms with E-state index in [4.69, 9.17) is 0 Å². The van der Waals surface area contributed by atoms with E-state index < -0.39 is 0 Å². The van der Waals surface area contributed by atoms with Crippen molar-refractivity contribution in [1.82, 2.24) is 0 Å². The van der Waals surface area contributed by atoms with Gasteiger partial charge < -0.3 is 29.4 Å². The highest BCUT2D eigenvalue weighted by Crippen LogP contribution is 2.47. The Kier molecular flexibility index (Phi) is 21.9. The van der Waals surface area contributed by atoms with Crippen LogP contribution in [0.4, 0.5) is 102 Å². The van der Waals surface area contributed by atoms with Gasteiger partial charge >= 0.3 is 0 Å². The van der Waals surface area contributed by atoms with E-state index in [0.29, 0.717) is 0 Å². The van der Waals surface area contributed by atoms with Gasteiger partial charge in [0.15, 0.2) is 0 Å². The summed E-state index contributed by atoms with van der Waals surface area (Å²) in [5.41, 5.74) is 22.1. The molecule has 2 radical (unpaired) electrons. The minimum absolute atomic E-state index is 1.04. The van der Waals surface area contributed by atoms with Crippen molar-refractivity contribution in [2.45, 2.75) is 0 Å². The predicted octanol–water partition coefficient (Wildman–Crippen LogP) is 31.6. The molecule has 20 aromatic carbocycles. The SMILES string of the molecule is [B]P.c1ccc(N(c2ccc(-c3ccc(N(c4ccccc4)c4cccc5ccccc45)cc3)cc2)c2cccc3ccccc23)cc1.c1ccc(N(c2ccc(N(c3ccc(N(c4ccccc4)c4ccc5ccccc5c4)cc3)c3ccc(N(c4ccccc4)c4ccc5ccccc5c4)cc3)cc2)c2ccc3ccccc3c2)cc1. The normalized spacial score (nSPS) is 11.0. The van der Waals surface area contributed by atoms with Crippen molar-refractivity contribution >= 4 is 173 Å². The van der Waals surface area contributed by atoms with Gasteiger partial charge in [0, 0.05) is 102 Å². The van der Waals surface area contributed by atoms with Crippen LogP contribution < -0.4 is 29.4 Å². The van der Waals surface area contributed by atoms with Gasteiger partial charge in [0.1, 0.15) is 0 Å². The lowest BCUT2D eigenvalue weighted by atomic mass is 10.0. The summed E-state index contributed by atoms with van der Waals surface area (Å²) >= 11 is 0. The minimum Gasteiger partial charge on any atom is -0.310 e. The molecule has 20 rings (SSSR count). The molecule has 0 N–H and O–H groups in total. The second-order valence-electron chi connectivity index (χ2n) is 28.9. The first-order valence-electron chi connectivity index (χ1n) is 39.9. The molecule has 0 saturated carbocycles. The van der Waals surface area contributed by atoms with E-state index in [1.807, 2.05) is 9.12 Å². The predicted molar refractivity (Wildman–Crippen MR) is 509 cm³/mol. The van der Waals surface area contributed by atoms with Crippen LogP contribution in [0.2, 0.25) is 0 Å². The Bertz CT molecular complexity index is 6200. The van der Waals surface area contributed by atoms with Crippen molar-refractivity contribution in [2.75, 3.05) is 29.4 Å². The number of rotatable bonds is 19. The molecule has 560 valence electrons. The van der Waals surface area contributed by atoms with Crippen LogP contribution in [0.25, 0.3) is 65.0 Å². The van der Waals surface area contributed by atoms with E-state index in [1.165, 1.54) is 65.0 Å². The number of benzene rings is 20. The third-order valence-corrected chi connectivity index (χ3v) is 21.7. The zero-order valence-electron chi connectivity index (χ0n) is 65.0. The van der Waals surface area contributed by atoms with Crippen molar-refractivity contribution < 1.29 is 0 Å². The third kappa shape index (κ3) is 15.8. The van der Waals surface area contributed by atoms with E-state index in [2.05, 4.69) is 522 Å². The molecular formula is C110H82BN6P.